The Bertz CT molecular complexity index is 641. The van der Waals surface area contributed by atoms with Gasteiger partial charge < -0.3 is 10.6 Å². The van der Waals surface area contributed by atoms with Crippen molar-refractivity contribution in [2.75, 3.05) is 19.6 Å². The van der Waals surface area contributed by atoms with Crippen molar-refractivity contribution in [2.24, 2.45) is 11.1 Å². The van der Waals surface area contributed by atoms with Gasteiger partial charge in [0.15, 0.2) is 0 Å². The molecule has 1 fully saturated rings. The number of likely N-dealkylation sites (tertiary alicyclic amines) is 1. The Balaban J connectivity index is 1.90. The first kappa shape index (κ1) is 13.7. The molecule has 3 rings (SSSR count). The highest BCUT2D eigenvalue weighted by Gasteiger charge is 2.35. The zero-order chi connectivity index (χ0) is 14.9. The molecule has 1 saturated heterocycles. The van der Waals surface area contributed by atoms with Crippen LogP contribution in [0.3, 0.4) is 0 Å². The number of carbonyl (C=O) groups is 1. The molecular formula is C14H18N6O. The van der Waals surface area contributed by atoms with Gasteiger partial charge in [-0.05, 0) is 40.9 Å². The van der Waals surface area contributed by atoms with E-state index in [1.807, 2.05) is 23.1 Å². The van der Waals surface area contributed by atoms with Gasteiger partial charge in [-0.25, -0.2) is 0 Å². The lowest BCUT2D eigenvalue weighted by Crippen LogP contribution is -2.34. The number of rotatable bonds is 3. The van der Waals surface area contributed by atoms with Crippen LogP contribution in [0.1, 0.15) is 23.7 Å². The van der Waals surface area contributed by atoms with Crippen LogP contribution in [0, 0.1) is 5.41 Å². The lowest BCUT2D eigenvalue weighted by Gasteiger charge is -2.23. The molecule has 0 spiro atoms. The first-order valence-corrected chi connectivity index (χ1v) is 6.95. The highest BCUT2D eigenvalue weighted by molar-refractivity contribution is 5.97. The van der Waals surface area contributed by atoms with Crippen molar-refractivity contribution in [3.63, 3.8) is 0 Å². The molecule has 0 bridgehead atoms. The second-order valence-electron chi connectivity index (χ2n) is 5.76. The summed E-state index contributed by atoms with van der Waals surface area (Å²) in [6.45, 7) is 4.13. The maximum absolute atomic E-state index is 12.8. The zero-order valence-electron chi connectivity index (χ0n) is 11.9. The SMILES string of the molecule is CC1(CN)CCN(C(=O)c2ccccc2-n2cnnn2)C1. The third-order valence-electron chi connectivity index (χ3n) is 4.07. The summed E-state index contributed by atoms with van der Waals surface area (Å²) in [4.78, 5) is 14.6. The Morgan fingerprint density at radius 3 is 2.90 bits per heavy atom. The quantitative estimate of drug-likeness (QED) is 0.886. The number of hydrogen-bond donors (Lipinski definition) is 1. The minimum Gasteiger partial charge on any atom is -0.338 e. The molecule has 7 nitrogen and oxygen atoms in total. The normalized spacial score (nSPS) is 21.7. The summed E-state index contributed by atoms with van der Waals surface area (Å²) in [6, 6.07) is 7.35. The number of nitrogens with zero attached hydrogens (tertiary/aromatic N) is 5. The largest absolute Gasteiger partial charge is 0.338 e. The molecule has 1 aliphatic rings. The van der Waals surface area contributed by atoms with Gasteiger partial charge in [0.1, 0.15) is 6.33 Å². The summed E-state index contributed by atoms with van der Waals surface area (Å²) in [6.07, 6.45) is 2.42. The monoisotopic (exact) mass is 286 g/mol. The summed E-state index contributed by atoms with van der Waals surface area (Å²) in [5, 5.41) is 11.1. The fourth-order valence-electron chi connectivity index (χ4n) is 2.66. The molecule has 0 radical (unpaired) electrons. The zero-order valence-corrected chi connectivity index (χ0v) is 11.9. The summed E-state index contributed by atoms with van der Waals surface area (Å²) < 4.78 is 1.51. The number of carbonyl (C=O) groups excluding carboxylic acids is 1. The molecule has 1 amide bonds. The van der Waals surface area contributed by atoms with Gasteiger partial charge in [0.2, 0.25) is 0 Å². The van der Waals surface area contributed by atoms with Gasteiger partial charge in [-0.15, -0.1) is 5.10 Å². The Morgan fingerprint density at radius 2 is 2.24 bits per heavy atom. The lowest BCUT2D eigenvalue weighted by molar-refractivity contribution is 0.0776. The summed E-state index contributed by atoms with van der Waals surface area (Å²) in [5.74, 6) is -0.00160. The van der Waals surface area contributed by atoms with E-state index in [1.165, 1.54) is 11.0 Å². The summed E-state index contributed by atoms with van der Waals surface area (Å²) in [7, 11) is 0. The van der Waals surface area contributed by atoms with E-state index in [2.05, 4.69) is 22.4 Å². The number of hydrogen-bond acceptors (Lipinski definition) is 5. The van der Waals surface area contributed by atoms with Gasteiger partial charge in [-0.1, -0.05) is 19.1 Å². The molecule has 21 heavy (non-hydrogen) atoms. The van der Waals surface area contributed by atoms with E-state index in [1.54, 1.807) is 6.07 Å². The van der Waals surface area contributed by atoms with E-state index in [0.29, 0.717) is 24.3 Å². The fraction of sp³-hybridized carbons (Fsp3) is 0.429. The number of aromatic nitrogens is 4. The van der Waals surface area contributed by atoms with Crippen molar-refractivity contribution < 1.29 is 4.79 Å². The van der Waals surface area contributed by atoms with Crippen LogP contribution in [0.2, 0.25) is 0 Å². The number of benzene rings is 1. The highest BCUT2D eigenvalue weighted by Crippen LogP contribution is 2.30. The van der Waals surface area contributed by atoms with Crippen LogP contribution < -0.4 is 5.73 Å². The van der Waals surface area contributed by atoms with Gasteiger partial charge in [0.25, 0.3) is 5.91 Å². The molecule has 1 aliphatic heterocycles. The molecule has 110 valence electrons. The molecule has 0 saturated carbocycles. The molecule has 1 aromatic carbocycles. The van der Waals surface area contributed by atoms with Crippen molar-refractivity contribution >= 4 is 5.91 Å². The Morgan fingerprint density at radius 1 is 1.43 bits per heavy atom. The predicted molar refractivity (Wildman–Crippen MR) is 76.8 cm³/mol. The van der Waals surface area contributed by atoms with Crippen LogP contribution in [0.5, 0.6) is 0 Å². The summed E-state index contributed by atoms with van der Waals surface area (Å²) >= 11 is 0. The van der Waals surface area contributed by atoms with Crippen LogP contribution in [0.4, 0.5) is 0 Å². The number of para-hydroxylation sites is 1. The molecule has 1 unspecified atom stereocenters. The average Bonchev–Trinajstić information content (AvgIpc) is 3.17. The van der Waals surface area contributed by atoms with Gasteiger partial charge in [0.05, 0.1) is 11.3 Å². The first-order valence-electron chi connectivity index (χ1n) is 6.95. The molecule has 1 atom stereocenters. The van der Waals surface area contributed by atoms with Crippen molar-refractivity contribution in [1.82, 2.24) is 25.1 Å². The van der Waals surface area contributed by atoms with Gasteiger partial charge >= 0.3 is 0 Å². The first-order chi connectivity index (χ1) is 10.1. The Labute approximate surface area is 122 Å². The van der Waals surface area contributed by atoms with E-state index in [4.69, 9.17) is 5.73 Å². The number of tetrazole rings is 1. The lowest BCUT2D eigenvalue weighted by atomic mass is 9.90. The molecule has 7 heteroatoms. The minimum atomic E-state index is -0.00160. The van der Waals surface area contributed by atoms with E-state index in [0.717, 1.165) is 13.0 Å². The van der Waals surface area contributed by atoms with Gasteiger partial charge in [0, 0.05) is 13.1 Å². The molecular weight excluding hydrogens is 268 g/mol. The van der Waals surface area contributed by atoms with Crippen molar-refractivity contribution in [2.45, 2.75) is 13.3 Å². The van der Waals surface area contributed by atoms with E-state index in [-0.39, 0.29) is 11.3 Å². The third-order valence-corrected chi connectivity index (χ3v) is 4.07. The fourth-order valence-corrected chi connectivity index (χ4v) is 2.66. The van der Waals surface area contributed by atoms with E-state index in [9.17, 15) is 4.79 Å². The minimum absolute atomic E-state index is 0.00160. The van der Waals surface area contributed by atoms with Crippen LogP contribution in [-0.4, -0.2) is 50.6 Å². The molecule has 0 aliphatic carbocycles. The topological polar surface area (TPSA) is 89.9 Å². The van der Waals surface area contributed by atoms with Crippen LogP contribution in [0.15, 0.2) is 30.6 Å². The van der Waals surface area contributed by atoms with Crippen LogP contribution in [0.25, 0.3) is 5.69 Å². The van der Waals surface area contributed by atoms with Crippen LogP contribution >= 0.6 is 0 Å². The average molecular weight is 286 g/mol. The van der Waals surface area contributed by atoms with Crippen molar-refractivity contribution in [1.29, 1.82) is 0 Å². The number of amides is 1. The van der Waals surface area contributed by atoms with Crippen molar-refractivity contribution in [3.8, 4) is 5.69 Å². The van der Waals surface area contributed by atoms with E-state index < -0.39 is 0 Å². The number of nitrogens with two attached hydrogens (primary N) is 1. The third kappa shape index (κ3) is 2.52. The second-order valence-corrected chi connectivity index (χ2v) is 5.76. The second kappa shape index (κ2) is 5.25. The van der Waals surface area contributed by atoms with Gasteiger partial charge in [-0.3, -0.25) is 4.79 Å². The highest BCUT2D eigenvalue weighted by atomic mass is 16.2. The molecule has 2 N–H and O–H groups in total. The predicted octanol–water partition coefficient (Wildman–Crippen LogP) is 0.473. The van der Waals surface area contributed by atoms with Crippen molar-refractivity contribution in [3.05, 3.63) is 36.2 Å². The molecule has 2 heterocycles. The maximum Gasteiger partial charge on any atom is 0.256 e. The molecule has 1 aromatic heterocycles. The van der Waals surface area contributed by atoms with Crippen LogP contribution in [-0.2, 0) is 0 Å². The standard InChI is InChI=1S/C14H18N6O/c1-14(8-15)6-7-19(9-14)13(21)11-4-2-3-5-12(11)20-10-16-17-18-20/h2-5,10H,6-9,15H2,1H3. The smallest absolute Gasteiger partial charge is 0.256 e. The Hall–Kier alpha value is -2.28. The maximum atomic E-state index is 12.8. The summed E-state index contributed by atoms with van der Waals surface area (Å²) in [5.41, 5.74) is 7.11. The van der Waals surface area contributed by atoms with Gasteiger partial charge in [-0.2, -0.15) is 4.68 Å². The Kier molecular flexibility index (Phi) is 3.42. The van der Waals surface area contributed by atoms with E-state index >= 15 is 0 Å². The molecule has 2 aromatic rings.